The number of primary amides is 1. The second-order valence-electron chi connectivity index (χ2n) is 5.12. The van der Waals surface area contributed by atoms with Crippen LogP contribution in [-0.2, 0) is 4.79 Å². The molecule has 1 amide bonds. The van der Waals surface area contributed by atoms with Crippen molar-refractivity contribution < 1.29 is 14.7 Å². The molecule has 0 unspecified atom stereocenters. The lowest BCUT2D eigenvalue weighted by molar-refractivity contribution is -0.137. The number of carbonyl (C=O) groups is 2. The van der Waals surface area contributed by atoms with Crippen LogP contribution in [0.5, 0.6) is 0 Å². The highest BCUT2D eigenvalue weighted by atomic mass is 16.4. The zero-order chi connectivity index (χ0) is 15.8. The summed E-state index contributed by atoms with van der Waals surface area (Å²) in [5.74, 6) is -1.23. The highest BCUT2D eigenvalue weighted by Crippen LogP contribution is 2.19. The van der Waals surface area contributed by atoms with Crippen molar-refractivity contribution in [3.8, 4) is 0 Å². The van der Waals surface area contributed by atoms with Gasteiger partial charge < -0.3 is 16.2 Å². The molecule has 1 rings (SSSR count). The molecule has 0 spiro atoms. The Hall–Kier alpha value is -2.11. The maximum Gasteiger partial charge on any atom is 0.303 e. The van der Waals surface area contributed by atoms with Crippen LogP contribution < -0.4 is 11.1 Å². The smallest absolute Gasteiger partial charge is 0.303 e. The Morgan fingerprint density at radius 1 is 1.24 bits per heavy atom. The van der Waals surface area contributed by atoms with E-state index in [-0.39, 0.29) is 6.42 Å². The van der Waals surface area contributed by atoms with Crippen molar-refractivity contribution in [1.29, 1.82) is 0 Å². The molecule has 0 aromatic carbocycles. The molecule has 6 nitrogen and oxygen atoms in total. The molecule has 0 aliphatic rings. The molecule has 0 saturated heterocycles. The van der Waals surface area contributed by atoms with E-state index in [1.165, 1.54) is 0 Å². The standard InChI is InChI=1S/C15H23N3O3/c1-10-9-12(14(15(16)21)11(2)18-10)17-8-6-4-3-5-7-13(19)20/h9H,3-8H2,1-2H3,(H2,16,21)(H,17,18)(H,19,20). The number of carboxylic acid groups (broad SMARTS) is 1. The van der Waals surface area contributed by atoms with Crippen molar-refractivity contribution in [3.63, 3.8) is 0 Å². The molecule has 116 valence electrons. The van der Waals surface area contributed by atoms with Gasteiger partial charge in [-0.3, -0.25) is 14.6 Å². The minimum Gasteiger partial charge on any atom is -0.481 e. The number of nitrogens with zero attached hydrogens (tertiary/aromatic N) is 1. The summed E-state index contributed by atoms with van der Waals surface area (Å²) in [6.45, 7) is 4.36. The molecule has 1 heterocycles. The number of aryl methyl sites for hydroxylation is 2. The van der Waals surface area contributed by atoms with Crippen LogP contribution in [0.15, 0.2) is 6.07 Å². The van der Waals surface area contributed by atoms with Crippen molar-refractivity contribution >= 4 is 17.6 Å². The van der Waals surface area contributed by atoms with Gasteiger partial charge in [0, 0.05) is 18.7 Å². The first kappa shape index (κ1) is 16.9. The molecule has 0 radical (unpaired) electrons. The van der Waals surface area contributed by atoms with E-state index in [9.17, 15) is 9.59 Å². The van der Waals surface area contributed by atoms with Crippen LogP contribution in [0.4, 0.5) is 5.69 Å². The fourth-order valence-corrected chi connectivity index (χ4v) is 2.26. The van der Waals surface area contributed by atoms with E-state index in [0.717, 1.165) is 37.2 Å². The van der Waals surface area contributed by atoms with Gasteiger partial charge in [0.2, 0.25) is 0 Å². The molecule has 0 atom stereocenters. The fraction of sp³-hybridized carbons (Fsp3) is 0.533. The van der Waals surface area contributed by atoms with E-state index in [0.29, 0.717) is 17.7 Å². The number of nitrogens with two attached hydrogens (primary N) is 1. The third-order valence-corrected chi connectivity index (χ3v) is 3.21. The minimum atomic E-state index is -0.748. The third-order valence-electron chi connectivity index (χ3n) is 3.21. The zero-order valence-corrected chi connectivity index (χ0v) is 12.6. The first-order chi connectivity index (χ1) is 9.91. The molecular weight excluding hydrogens is 270 g/mol. The van der Waals surface area contributed by atoms with Gasteiger partial charge in [-0.05, 0) is 32.8 Å². The topological polar surface area (TPSA) is 105 Å². The molecule has 1 aromatic rings. The molecule has 0 bridgehead atoms. The number of anilines is 1. The van der Waals surface area contributed by atoms with Crippen LogP contribution in [0.2, 0.25) is 0 Å². The summed E-state index contributed by atoms with van der Waals surface area (Å²) < 4.78 is 0. The van der Waals surface area contributed by atoms with Crippen LogP contribution >= 0.6 is 0 Å². The van der Waals surface area contributed by atoms with Crippen LogP contribution in [-0.4, -0.2) is 28.5 Å². The largest absolute Gasteiger partial charge is 0.481 e. The Kier molecular flexibility index (Phi) is 6.65. The van der Waals surface area contributed by atoms with Gasteiger partial charge in [0.25, 0.3) is 5.91 Å². The Balaban J connectivity index is 2.45. The maximum absolute atomic E-state index is 11.5. The Morgan fingerprint density at radius 3 is 2.52 bits per heavy atom. The van der Waals surface area contributed by atoms with Crippen molar-refractivity contribution in [2.45, 2.75) is 46.0 Å². The van der Waals surface area contributed by atoms with Gasteiger partial charge in [-0.1, -0.05) is 12.8 Å². The van der Waals surface area contributed by atoms with Crippen LogP contribution in [0.3, 0.4) is 0 Å². The van der Waals surface area contributed by atoms with Gasteiger partial charge in [-0.2, -0.15) is 0 Å². The van der Waals surface area contributed by atoms with Gasteiger partial charge in [0.1, 0.15) is 0 Å². The lowest BCUT2D eigenvalue weighted by atomic mass is 10.1. The third kappa shape index (κ3) is 5.81. The number of pyridine rings is 1. The number of aliphatic carboxylic acids is 1. The van der Waals surface area contributed by atoms with E-state index >= 15 is 0 Å². The molecule has 0 fully saturated rings. The summed E-state index contributed by atoms with van der Waals surface area (Å²) in [5, 5.41) is 11.8. The average Bonchev–Trinajstić information content (AvgIpc) is 2.35. The highest BCUT2D eigenvalue weighted by Gasteiger charge is 2.13. The van der Waals surface area contributed by atoms with Crippen molar-refractivity contribution in [3.05, 3.63) is 23.0 Å². The molecule has 4 N–H and O–H groups in total. The monoisotopic (exact) mass is 293 g/mol. The average molecular weight is 293 g/mol. The lowest BCUT2D eigenvalue weighted by Gasteiger charge is -2.13. The number of amides is 1. The molecule has 1 aromatic heterocycles. The predicted octanol–water partition coefficient (Wildman–Crippen LogP) is 2.24. The second-order valence-corrected chi connectivity index (χ2v) is 5.12. The number of rotatable bonds is 9. The lowest BCUT2D eigenvalue weighted by Crippen LogP contribution is -2.18. The number of carboxylic acids is 1. The van der Waals surface area contributed by atoms with E-state index in [1.807, 2.05) is 13.0 Å². The van der Waals surface area contributed by atoms with E-state index in [4.69, 9.17) is 10.8 Å². The predicted molar refractivity (Wildman–Crippen MR) is 81.4 cm³/mol. The fourth-order valence-electron chi connectivity index (χ4n) is 2.26. The minimum absolute atomic E-state index is 0.224. The van der Waals surface area contributed by atoms with Crippen LogP contribution in [0.1, 0.15) is 53.8 Å². The Labute approximate surface area is 124 Å². The number of unbranched alkanes of at least 4 members (excludes halogenated alkanes) is 3. The molecule has 0 aliphatic heterocycles. The maximum atomic E-state index is 11.5. The second kappa shape index (κ2) is 8.24. The summed E-state index contributed by atoms with van der Waals surface area (Å²) in [6, 6.07) is 1.82. The zero-order valence-electron chi connectivity index (χ0n) is 12.6. The summed E-state index contributed by atoms with van der Waals surface area (Å²) in [4.78, 5) is 26.1. The quantitative estimate of drug-likeness (QED) is 0.605. The SMILES string of the molecule is Cc1cc(NCCCCCCC(=O)O)c(C(N)=O)c(C)n1. The van der Waals surface area contributed by atoms with Crippen molar-refractivity contribution in [1.82, 2.24) is 4.98 Å². The first-order valence-corrected chi connectivity index (χ1v) is 7.15. The van der Waals surface area contributed by atoms with Crippen LogP contribution in [0.25, 0.3) is 0 Å². The highest BCUT2D eigenvalue weighted by molar-refractivity contribution is 5.99. The number of carbonyl (C=O) groups excluding carboxylic acids is 1. The molecule has 6 heteroatoms. The molecule has 21 heavy (non-hydrogen) atoms. The number of nitrogens with one attached hydrogen (secondary N) is 1. The molecule has 0 saturated carbocycles. The number of hydrogen-bond donors (Lipinski definition) is 3. The normalized spacial score (nSPS) is 10.4. The van der Waals surface area contributed by atoms with E-state index < -0.39 is 11.9 Å². The Bertz CT molecular complexity index is 515. The van der Waals surface area contributed by atoms with Gasteiger partial charge in [-0.25, -0.2) is 0 Å². The van der Waals surface area contributed by atoms with Gasteiger partial charge >= 0.3 is 5.97 Å². The molecular formula is C15H23N3O3. The van der Waals surface area contributed by atoms with E-state index in [1.54, 1.807) is 6.92 Å². The number of hydrogen-bond acceptors (Lipinski definition) is 4. The van der Waals surface area contributed by atoms with Gasteiger partial charge in [0.05, 0.1) is 16.9 Å². The van der Waals surface area contributed by atoms with Gasteiger partial charge in [0.15, 0.2) is 0 Å². The Morgan fingerprint density at radius 2 is 1.90 bits per heavy atom. The summed E-state index contributed by atoms with van der Waals surface area (Å²) in [6.07, 6.45) is 3.69. The number of aromatic nitrogens is 1. The molecule has 0 aliphatic carbocycles. The first-order valence-electron chi connectivity index (χ1n) is 7.15. The van der Waals surface area contributed by atoms with Gasteiger partial charge in [-0.15, -0.1) is 0 Å². The van der Waals surface area contributed by atoms with Crippen LogP contribution in [0, 0.1) is 13.8 Å². The van der Waals surface area contributed by atoms with Crippen molar-refractivity contribution in [2.24, 2.45) is 5.73 Å². The van der Waals surface area contributed by atoms with Crippen molar-refractivity contribution in [2.75, 3.05) is 11.9 Å². The summed E-state index contributed by atoms with van der Waals surface area (Å²) >= 11 is 0. The van der Waals surface area contributed by atoms with E-state index in [2.05, 4.69) is 10.3 Å². The summed E-state index contributed by atoms with van der Waals surface area (Å²) in [7, 11) is 0. The summed E-state index contributed by atoms with van der Waals surface area (Å²) in [5.41, 5.74) is 8.01.